The summed E-state index contributed by atoms with van der Waals surface area (Å²) in [5.41, 5.74) is 13.3. The highest BCUT2D eigenvalue weighted by atomic mass is 32.1. The molecule has 1 amide bonds. The van der Waals surface area contributed by atoms with Crippen molar-refractivity contribution in [2.45, 2.75) is 24.9 Å². The second kappa shape index (κ2) is 7.33. The monoisotopic (exact) mass is 422 g/mol. The zero-order valence-electron chi connectivity index (χ0n) is 16.4. The number of carbonyl (C=O) groups excluding carboxylic acids is 1. The molecule has 3 aromatic heterocycles. The summed E-state index contributed by atoms with van der Waals surface area (Å²) in [7, 11) is 0. The van der Waals surface area contributed by atoms with Crippen molar-refractivity contribution in [2.24, 2.45) is 5.73 Å². The lowest BCUT2D eigenvalue weighted by Crippen LogP contribution is -2.46. The van der Waals surface area contributed by atoms with Crippen LogP contribution in [0.25, 0.3) is 10.6 Å². The maximum Gasteiger partial charge on any atom is 0.250 e. The van der Waals surface area contributed by atoms with Crippen LogP contribution < -0.4 is 16.4 Å². The van der Waals surface area contributed by atoms with E-state index in [0.29, 0.717) is 11.4 Å². The first-order valence-corrected chi connectivity index (χ1v) is 10.7. The fourth-order valence-electron chi connectivity index (χ4n) is 4.24. The van der Waals surface area contributed by atoms with Gasteiger partial charge in [0, 0.05) is 30.6 Å². The molecule has 1 saturated heterocycles. The number of hydrogen-bond donors (Lipinski definition) is 2. The highest BCUT2D eigenvalue weighted by Gasteiger charge is 2.42. The molecule has 9 heteroatoms. The zero-order valence-corrected chi connectivity index (χ0v) is 17.2. The number of primary amides is 1. The van der Waals surface area contributed by atoms with Crippen LogP contribution in [0.15, 0.2) is 36.8 Å². The number of nitrogens with two attached hydrogens (primary N) is 2. The van der Waals surface area contributed by atoms with E-state index in [1.165, 1.54) is 16.6 Å². The van der Waals surface area contributed by atoms with Crippen molar-refractivity contribution in [1.29, 1.82) is 0 Å². The van der Waals surface area contributed by atoms with Crippen molar-refractivity contribution < 1.29 is 9.53 Å². The predicted molar refractivity (Wildman–Crippen MR) is 115 cm³/mol. The first kappa shape index (κ1) is 19.0. The maximum absolute atomic E-state index is 11.3. The Bertz CT molecular complexity index is 1070. The average molecular weight is 423 g/mol. The van der Waals surface area contributed by atoms with Gasteiger partial charge in [-0.05, 0) is 36.6 Å². The molecule has 3 aromatic rings. The lowest BCUT2D eigenvalue weighted by molar-refractivity contribution is -0.0757. The Morgan fingerprint density at radius 2 is 1.97 bits per heavy atom. The summed E-state index contributed by atoms with van der Waals surface area (Å²) >= 11 is 1.77. The number of hydrogen-bond acceptors (Lipinski definition) is 8. The van der Waals surface area contributed by atoms with E-state index in [4.69, 9.17) is 16.2 Å². The molecule has 1 fully saturated rings. The van der Waals surface area contributed by atoms with Gasteiger partial charge in [-0.2, -0.15) is 0 Å². The molecule has 0 aliphatic carbocycles. The lowest BCUT2D eigenvalue weighted by atomic mass is 9.82. The number of rotatable bonds is 3. The summed E-state index contributed by atoms with van der Waals surface area (Å²) in [5.74, 6) is 0.813. The van der Waals surface area contributed by atoms with E-state index >= 15 is 0 Å². The van der Waals surface area contributed by atoms with Crippen molar-refractivity contribution in [3.05, 3.63) is 52.8 Å². The minimum atomic E-state index is -0.464. The highest BCUT2D eigenvalue weighted by molar-refractivity contribution is 7.15. The molecule has 0 saturated carbocycles. The minimum Gasteiger partial charge on any atom is -0.382 e. The third-order valence-corrected chi connectivity index (χ3v) is 7.08. The number of carbonyl (C=O) groups is 1. The van der Waals surface area contributed by atoms with E-state index in [0.717, 1.165) is 55.3 Å². The molecule has 0 unspecified atom stereocenters. The molecule has 154 valence electrons. The van der Waals surface area contributed by atoms with Crippen LogP contribution in [0.2, 0.25) is 0 Å². The molecule has 5 heterocycles. The SMILES string of the molecule is NC(=O)c1ccc(N2CCC3(CC2)OCCc2sc(-c4cnc(N)cn4)cc23)nc1. The third-order valence-electron chi connectivity index (χ3n) is 5.86. The Kier molecular flexibility index (Phi) is 4.63. The maximum atomic E-state index is 11.3. The number of pyridine rings is 1. The first-order chi connectivity index (χ1) is 14.5. The zero-order chi connectivity index (χ0) is 20.7. The Morgan fingerprint density at radius 3 is 2.63 bits per heavy atom. The van der Waals surface area contributed by atoms with E-state index < -0.39 is 5.91 Å². The second-order valence-corrected chi connectivity index (χ2v) is 8.76. The van der Waals surface area contributed by atoms with E-state index in [1.54, 1.807) is 29.8 Å². The molecule has 2 aliphatic rings. The Balaban J connectivity index is 1.37. The number of anilines is 2. The number of ether oxygens (including phenoxy) is 1. The molecule has 0 aromatic carbocycles. The summed E-state index contributed by atoms with van der Waals surface area (Å²) in [6.45, 7) is 2.39. The molecule has 5 rings (SSSR count). The molecule has 8 nitrogen and oxygen atoms in total. The standard InChI is InChI=1S/C21H22N6O2S/c22-18-12-24-15(11-25-18)17-9-14-16(30-17)3-8-29-21(14)4-6-27(7-5-21)19-2-1-13(10-26-19)20(23)28/h1-2,9-12H,3-8H2,(H2,22,25)(H2,23,28). The van der Waals surface area contributed by atoms with Gasteiger partial charge in [0.1, 0.15) is 11.6 Å². The number of amides is 1. The molecular weight excluding hydrogens is 400 g/mol. The van der Waals surface area contributed by atoms with Crippen molar-refractivity contribution in [2.75, 3.05) is 30.3 Å². The number of nitrogen functional groups attached to an aromatic ring is 1. The molecule has 4 N–H and O–H groups in total. The molecule has 2 aliphatic heterocycles. The number of fused-ring (bicyclic) bond motifs is 2. The van der Waals surface area contributed by atoms with Crippen molar-refractivity contribution in [1.82, 2.24) is 15.0 Å². The van der Waals surface area contributed by atoms with Gasteiger partial charge < -0.3 is 21.1 Å². The number of thiophene rings is 1. The molecule has 0 atom stereocenters. The van der Waals surface area contributed by atoms with Crippen molar-refractivity contribution >= 4 is 28.9 Å². The van der Waals surface area contributed by atoms with Crippen LogP contribution in [-0.2, 0) is 16.8 Å². The lowest BCUT2D eigenvalue weighted by Gasteiger charge is -2.44. The molecule has 0 bridgehead atoms. The van der Waals surface area contributed by atoms with Crippen LogP contribution in [0.1, 0.15) is 33.6 Å². The van der Waals surface area contributed by atoms with E-state index in [1.807, 2.05) is 6.07 Å². The van der Waals surface area contributed by atoms with Gasteiger partial charge in [0.25, 0.3) is 0 Å². The van der Waals surface area contributed by atoms with Gasteiger partial charge in [0.2, 0.25) is 5.91 Å². The van der Waals surface area contributed by atoms with Gasteiger partial charge in [0.05, 0.1) is 40.7 Å². The highest BCUT2D eigenvalue weighted by Crippen LogP contribution is 2.46. The van der Waals surface area contributed by atoms with Crippen LogP contribution >= 0.6 is 11.3 Å². The van der Waals surface area contributed by atoms with E-state index in [2.05, 4.69) is 25.9 Å². The topological polar surface area (TPSA) is 120 Å². The number of aromatic nitrogens is 3. The fourth-order valence-corrected chi connectivity index (χ4v) is 5.43. The number of nitrogens with zero attached hydrogens (tertiary/aromatic N) is 4. The van der Waals surface area contributed by atoms with Crippen LogP contribution in [-0.4, -0.2) is 40.6 Å². The minimum absolute atomic E-state index is 0.271. The van der Waals surface area contributed by atoms with Gasteiger partial charge in [0.15, 0.2) is 0 Å². The Morgan fingerprint density at radius 1 is 1.13 bits per heavy atom. The van der Waals surface area contributed by atoms with Crippen molar-refractivity contribution in [3.8, 4) is 10.6 Å². The van der Waals surface area contributed by atoms with Gasteiger partial charge in [-0.25, -0.2) is 15.0 Å². The molecule has 0 radical (unpaired) electrons. The molecule has 1 spiro atoms. The Labute approximate surface area is 177 Å². The largest absolute Gasteiger partial charge is 0.382 e. The van der Waals surface area contributed by atoms with Gasteiger partial charge in [-0.3, -0.25) is 4.79 Å². The fraction of sp³-hybridized carbons (Fsp3) is 0.333. The quantitative estimate of drug-likeness (QED) is 0.665. The van der Waals surface area contributed by atoms with Gasteiger partial charge in [-0.1, -0.05) is 0 Å². The normalized spacial score (nSPS) is 17.7. The smallest absolute Gasteiger partial charge is 0.250 e. The summed E-state index contributed by atoms with van der Waals surface area (Å²) in [4.78, 5) is 29.0. The average Bonchev–Trinajstić information content (AvgIpc) is 3.21. The predicted octanol–water partition coefficient (Wildman–Crippen LogP) is 2.35. The molecule has 30 heavy (non-hydrogen) atoms. The van der Waals surface area contributed by atoms with Crippen LogP contribution in [0.4, 0.5) is 11.6 Å². The van der Waals surface area contributed by atoms with Crippen LogP contribution in [0.5, 0.6) is 0 Å². The van der Waals surface area contributed by atoms with Crippen LogP contribution in [0.3, 0.4) is 0 Å². The third kappa shape index (κ3) is 3.29. The Hall–Kier alpha value is -3.04. The van der Waals surface area contributed by atoms with Crippen molar-refractivity contribution in [3.63, 3.8) is 0 Å². The number of piperidine rings is 1. The van der Waals surface area contributed by atoms with Crippen LogP contribution in [0, 0.1) is 0 Å². The second-order valence-electron chi connectivity index (χ2n) is 7.62. The molecular formula is C21H22N6O2S. The van der Waals surface area contributed by atoms with E-state index in [9.17, 15) is 4.79 Å². The summed E-state index contributed by atoms with van der Waals surface area (Å²) in [5, 5.41) is 0. The van der Waals surface area contributed by atoms with E-state index in [-0.39, 0.29) is 5.60 Å². The van der Waals surface area contributed by atoms with Gasteiger partial charge in [-0.15, -0.1) is 11.3 Å². The summed E-state index contributed by atoms with van der Waals surface area (Å²) in [6, 6.07) is 5.80. The summed E-state index contributed by atoms with van der Waals surface area (Å²) < 4.78 is 6.38. The first-order valence-electron chi connectivity index (χ1n) is 9.90. The summed E-state index contributed by atoms with van der Waals surface area (Å²) in [6.07, 6.45) is 7.53. The van der Waals surface area contributed by atoms with Gasteiger partial charge >= 0.3 is 0 Å².